The minimum Gasteiger partial charge on any atom is -0.491 e. The minimum atomic E-state index is 0.237. The summed E-state index contributed by atoms with van der Waals surface area (Å²) in [7, 11) is 0. The van der Waals surface area contributed by atoms with Crippen molar-refractivity contribution in [2.45, 2.75) is 39.3 Å². The minimum absolute atomic E-state index is 0.237. The summed E-state index contributed by atoms with van der Waals surface area (Å²) >= 11 is 0. The fourth-order valence-electron chi connectivity index (χ4n) is 2.74. The van der Waals surface area contributed by atoms with E-state index in [2.05, 4.69) is 55.3 Å². The van der Waals surface area contributed by atoms with Gasteiger partial charge in [-0.2, -0.15) is 0 Å². The van der Waals surface area contributed by atoms with Crippen molar-refractivity contribution >= 4 is 0 Å². The van der Waals surface area contributed by atoms with Gasteiger partial charge in [-0.05, 0) is 38.0 Å². The second kappa shape index (κ2) is 6.92. The van der Waals surface area contributed by atoms with E-state index in [9.17, 15) is 0 Å². The zero-order valence-corrected chi connectivity index (χ0v) is 12.4. The highest BCUT2D eigenvalue weighted by Crippen LogP contribution is 2.26. The Kier molecular flexibility index (Phi) is 5.23. The molecule has 0 spiro atoms. The summed E-state index contributed by atoms with van der Waals surface area (Å²) in [6.07, 6.45) is 1.39. The second-order valence-corrected chi connectivity index (χ2v) is 5.45. The first-order chi connectivity index (χ1) is 9.20. The number of rotatable bonds is 5. The molecule has 2 rings (SSSR count). The molecule has 3 heteroatoms. The first kappa shape index (κ1) is 14.4. The molecule has 0 unspecified atom stereocenters. The summed E-state index contributed by atoms with van der Waals surface area (Å²) in [6, 6.07) is 9.16. The molecule has 1 saturated heterocycles. The summed E-state index contributed by atoms with van der Waals surface area (Å²) in [6.45, 7) is 10.9. The molecule has 1 aliphatic rings. The Labute approximate surface area is 116 Å². The lowest BCUT2D eigenvalue weighted by Gasteiger charge is -2.34. The van der Waals surface area contributed by atoms with Crippen molar-refractivity contribution < 1.29 is 4.74 Å². The Morgan fingerprint density at radius 1 is 1.16 bits per heavy atom. The predicted octanol–water partition coefficient (Wildman–Crippen LogP) is 2.83. The molecular weight excluding hydrogens is 236 g/mol. The lowest BCUT2D eigenvalue weighted by molar-refractivity contribution is 0.169. The Morgan fingerprint density at radius 3 is 2.32 bits per heavy atom. The summed E-state index contributed by atoms with van der Waals surface area (Å²) < 4.78 is 5.70. The molecule has 0 radical (unpaired) electrons. The van der Waals surface area contributed by atoms with E-state index in [0.29, 0.717) is 6.04 Å². The van der Waals surface area contributed by atoms with Crippen LogP contribution < -0.4 is 10.1 Å². The van der Waals surface area contributed by atoms with E-state index < -0.39 is 0 Å². The molecule has 19 heavy (non-hydrogen) atoms. The van der Waals surface area contributed by atoms with Crippen LogP contribution in [0.15, 0.2) is 24.3 Å². The summed E-state index contributed by atoms with van der Waals surface area (Å²) in [5, 5.41) is 3.41. The van der Waals surface area contributed by atoms with Gasteiger partial charge in [0.15, 0.2) is 0 Å². The third-order valence-electron chi connectivity index (χ3n) is 3.62. The van der Waals surface area contributed by atoms with Gasteiger partial charge in [0, 0.05) is 32.2 Å². The Hall–Kier alpha value is -1.06. The molecule has 1 aromatic rings. The lowest BCUT2D eigenvalue weighted by atomic mass is 10.0. The highest BCUT2D eigenvalue weighted by atomic mass is 16.5. The molecule has 0 bridgehead atoms. The van der Waals surface area contributed by atoms with E-state index in [-0.39, 0.29) is 6.10 Å². The summed E-state index contributed by atoms with van der Waals surface area (Å²) in [5.41, 5.74) is 1.40. The fourth-order valence-corrected chi connectivity index (χ4v) is 2.74. The van der Waals surface area contributed by atoms with Crippen molar-refractivity contribution in [3.05, 3.63) is 29.8 Å². The van der Waals surface area contributed by atoms with Crippen LogP contribution in [0.5, 0.6) is 5.75 Å². The monoisotopic (exact) mass is 262 g/mol. The SMILES string of the molecule is CC[C@@H](c1ccc(OC(C)C)cc1)N1CCNCC1. The largest absolute Gasteiger partial charge is 0.491 e. The molecule has 1 N–H and O–H groups in total. The van der Waals surface area contributed by atoms with Crippen molar-refractivity contribution in [2.24, 2.45) is 0 Å². The van der Waals surface area contributed by atoms with Gasteiger partial charge in [-0.1, -0.05) is 19.1 Å². The Balaban J connectivity index is 2.05. The van der Waals surface area contributed by atoms with Gasteiger partial charge in [-0.25, -0.2) is 0 Å². The number of hydrogen-bond donors (Lipinski definition) is 1. The molecule has 0 aliphatic carbocycles. The first-order valence-electron chi connectivity index (χ1n) is 7.42. The fraction of sp³-hybridized carbons (Fsp3) is 0.625. The van der Waals surface area contributed by atoms with Crippen LogP contribution in [0.1, 0.15) is 38.8 Å². The van der Waals surface area contributed by atoms with Crippen molar-refractivity contribution in [1.82, 2.24) is 10.2 Å². The zero-order valence-electron chi connectivity index (χ0n) is 12.4. The summed E-state index contributed by atoms with van der Waals surface area (Å²) in [5.74, 6) is 0.967. The van der Waals surface area contributed by atoms with Crippen LogP contribution in [-0.2, 0) is 0 Å². The molecule has 1 aromatic carbocycles. The Morgan fingerprint density at radius 2 is 1.79 bits per heavy atom. The summed E-state index contributed by atoms with van der Waals surface area (Å²) in [4.78, 5) is 2.58. The van der Waals surface area contributed by atoms with Gasteiger partial charge in [0.2, 0.25) is 0 Å². The molecule has 1 fully saturated rings. The molecule has 1 aliphatic heterocycles. The first-order valence-corrected chi connectivity index (χ1v) is 7.42. The average molecular weight is 262 g/mol. The van der Waals surface area contributed by atoms with Crippen LogP contribution in [-0.4, -0.2) is 37.2 Å². The standard InChI is InChI=1S/C16H26N2O/c1-4-16(18-11-9-17-10-12-18)14-5-7-15(8-6-14)19-13(2)3/h5-8,13,16-17H,4,9-12H2,1-3H3/t16-/m0/s1. The molecule has 106 valence electrons. The van der Waals surface area contributed by atoms with E-state index in [1.54, 1.807) is 0 Å². The maximum absolute atomic E-state index is 5.70. The van der Waals surface area contributed by atoms with Gasteiger partial charge in [0.1, 0.15) is 5.75 Å². The number of hydrogen-bond acceptors (Lipinski definition) is 3. The van der Waals surface area contributed by atoms with E-state index in [1.807, 2.05) is 0 Å². The van der Waals surface area contributed by atoms with Crippen molar-refractivity contribution in [3.8, 4) is 5.75 Å². The third kappa shape index (κ3) is 3.95. The quantitative estimate of drug-likeness (QED) is 0.883. The van der Waals surface area contributed by atoms with E-state index >= 15 is 0 Å². The van der Waals surface area contributed by atoms with Crippen molar-refractivity contribution in [2.75, 3.05) is 26.2 Å². The van der Waals surface area contributed by atoms with Crippen LogP contribution in [0.3, 0.4) is 0 Å². The maximum atomic E-state index is 5.70. The average Bonchev–Trinajstić information content (AvgIpc) is 2.42. The molecule has 0 amide bonds. The van der Waals surface area contributed by atoms with E-state index in [1.165, 1.54) is 5.56 Å². The number of piperazine rings is 1. The van der Waals surface area contributed by atoms with Gasteiger partial charge < -0.3 is 10.1 Å². The Bertz CT molecular complexity index is 369. The van der Waals surface area contributed by atoms with Crippen LogP contribution in [0.25, 0.3) is 0 Å². The van der Waals surface area contributed by atoms with Gasteiger partial charge in [-0.3, -0.25) is 4.90 Å². The second-order valence-electron chi connectivity index (χ2n) is 5.45. The van der Waals surface area contributed by atoms with Crippen LogP contribution in [0.4, 0.5) is 0 Å². The predicted molar refractivity (Wildman–Crippen MR) is 79.7 cm³/mol. The highest BCUT2D eigenvalue weighted by molar-refractivity contribution is 5.29. The van der Waals surface area contributed by atoms with Gasteiger partial charge in [0.25, 0.3) is 0 Å². The number of nitrogens with zero attached hydrogens (tertiary/aromatic N) is 1. The van der Waals surface area contributed by atoms with Gasteiger partial charge in [-0.15, -0.1) is 0 Å². The van der Waals surface area contributed by atoms with Crippen molar-refractivity contribution in [3.63, 3.8) is 0 Å². The van der Waals surface area contributed by atoms with Crippen LogP contribution >= 0.6 is 0 Å². The maximum Gasteiger partial charge on any atom is 0.119 e. The zero-order chi connectivity index (χ0) is 13.7. The topological polar surface area (TPSA) is 24.5 Å². The third-order valence-corrected chi connectivity index (χ3v) is 3.62. The lowest BCUT2D eigenvalue weighted by Crippen LogP contribution is -2.45. The number of ether oxygens (including phenoxy) is 1. The highest BCUT2D eigenvalue weighted by Gasteiger charge is 2.20. The molecular formula is C16H26N2O. The molecule has 1 heterocycles. The number of nitrogens with one attached hydrogen (secondary N) is 1. The van der Waals surface area contributed by atoms with Gasteiger partial charge in [0.05, 0.1) is 6.10 Å². The molecule has 1 atom stereocenters. The van der Waals surface area contributed by atoms with Crippen molar-refractivity contribution in [1.29, 1.82) is 0 Å². The molecule has 3 nitrogen and oxygen atoms in total. The van der Waals surface area contributed by atoms with E-state index in [0.717, 1.165) is 38.3 Å². The molecule has 0 aromatic heterocycles. The van der Waals surface area contributed by atoms with Crippen LogP contribution in [0, 0.1) is 0 Å². The smallest absolute Gasteiger partial charge is 0.119 e. The molecule has 0 saturated carbocycles. The van der Waals surface area contributed by atoms with Crippen LogP contribution in [0.2, 0.25) is 0 Å². The van der Waals surface area contributed by atoms with E-state index in [4.69, 9.17) is 4.74 Å². The number of benzene rings is 1. The normalized spacial score (nSPS) is 18.5. The van der Waals surface area contributed by atoms with Gasteiger partial charge >= 0.3 is 0 Å².